The quantitative estimate of drug-likeness (QED) is 0.389. The van der Waals surface area contributed by atoms with Gasteiger partial charge in [-0.1, -0.05) is 29.3 Å². The van der Waals surface area contributed by atoms with Crippen LogP contribution in [0.5, 0.6) is 0 Å². The third kappa shape index (κ3) is 4.86. The van der Waals surface area contributed by atoms with Gasteiger partial charge in [-0.05, 0) is 60.9 Å². The van der Waals surface area contributed by atoms with E-state index in [9.17, 15) is 14.4 Å². The van der Waals surface area contributed by atoms with E-state index < -0.39 is 12.1 Å². The summed E-state index contributed by atoms with van der Waals surface area (Å²) in [5, 5.41) is 0.901. The molecule has 0 saturated carbocycles. The number of carbonyl (C=O) groups excluding carboxylic acids is 3. The Morgan fingerprint density at radius 2 is 1.90 bits per heavy atom. The highest BCUT2D eigenvalue weighted by atomic mass is 35.5. The number of rotatable bonds is 5. The van der Waals surface area contributed by atoms with Crippen molar-refractivity contribution in [1.29, 1.82) is 0 Å². The van der Waals surface area contributed by atoms with Crippen molar-refractivity contribution in [3.63, 3.8) is 0 Å². The van der Waals surface area contributed by atoms with Crippen LogP contribution in [0.25, 0.3) is 6.08 Å². The van der Waals surface area contributed by atoms with Crippen molar-refractivity contribution in [2.75, 3.05) is 11.4 Å². The van der Waals surface area contributed by atoms with Crippen LogP contribution >= 0.6 is 23.2 Å². The van der Waals surface area contributed by atoms with Gasteiger partial charge in [-0.25, -0.2) is 4.79 Å². The number of amides is 1. The third-order valence-electron chi connectivity index (χ3n) is 4.66. The predicted octanol–water partition coefficient (Wildman–Crippen LogP) is 4.73. The first-order valence-corrected chi connectivity index (χ1v) is 9.81. The molecule has 1 aliphatic heterocycles. The van der Waals surface area contributed by atoms with Gasteiger partial charge in [-0.2, -0.15) is 0 Å². The molecule has 0 saturated heterocycles. The maximum Gasteiger partial charge on any atom is 0.331 e. The van der Waals surface area contributed by atoms with E-state index >= 15 is 0 Å². The number of hydrogen-bond acceptors (Lipinski definition) is 4. The molecule has 1 aliphatic rings. The Hall–Kier alpha value is -2.63. The number of Topliss-reactive ketones (excluding diaryl/α,β-unsaturated/α-hetero) is 1. The van der Waals surface area contributed by atoms with Crippen LogP contribution in [0, 0.1) is 0 Å². The summed E-state index contributed by atoms with van der Waals surface area (Å²) in [4.78, 5) is 38.0. The van der Waals surface area contributed by atoms with Gasteiger partial charge in [0.1, 0.15) is 0 Å². The summed E-state index contributed by atoms with van der Waals surface area (Å²) < 4.78 is 5.22. The summed E-state index contributed by atoms with van der Waals surface area (Å²) in [5.41, 5.74) is 2.81. The molecular weight excluding hydrogens is 413 g/mol. The molecule has 0 aliphatic carbocycles. The van der Waals surface area contributed by atoms with Crippen LogP contribution in [0.4, 0.5) is 5.69 Å². The minimum absolute atomic E-state index is 0.0299. The summed E-state index contributed by atoms with van der Waals surface area (Å²) in [6.07, 6.45) is 2.46. The second kappa shape index (κ2) is 8.80. The lowest BCUT2D eigenvalue weighted by Crippen LogP contribution is -2.26. The SMILES string of the molecule is CC(=O)N1CCc2cc(C(=O)C(C)OC(=O)/C=C/c3ccc(Cl)cc3Cl)ccc21. The van der Waals surface area contributed by atoms with Crippen molar-refractivity contribution < 1.29 is 19.1 Å². The average molecular weight is 432 g/mol. The molecule has 0 radical (unpaired) electrons. The molecular formula is C22H19Cl2NO4. The Kier molecular flexibility index (Phi) is 6.40. The average Bonchev–Trinajstić information content (AvgIpc) is 3.10. The molecule has 5 nitrogen and oxygen atoms in total. The van der Waals surface area contributed by atoms with Gasteiger partial charge in [0.05, 0.1) is 0 Å². The first-order valence-electron chi connectivity index (χ1n) is 9.05. The Labute approximate surface area is 178 Å². The minimum Gasteiger partial charge on any atom is -0.451 e. The Morgan fingerprint density at radius 3 is 2.59 bits per heavy atom. The van der Waals surface area contributed by atoms with Gasteiger partial charge < -0.3 is 9.64 Å². The Balaban J connectivity index is 1.65. The number of esters is 1. The number of carbonyl (C=O) groups is 3. The largest absolute Gasteiger partial charge is 0.451 e. The molecule has 1 heterocycles. The van der Waals surface area contributed by atoms with E-state index in [1.165, 1.54) is 26.0 Å². The third-order valence-corrected chi connectivity index (χ3v) is 5.23. The van der Waals surface area contributed by atoms with E-state index in [0.717, 1.165) is 11.3 Å². The number of nitrogens with zero attached hydrogens (tertiary/aromatic N) is 1. The summed E-state index contributed by atoms with van der Waals surface area (Å²) >= 11 is 11.9. The predicted molar refractivity (Wildman–Crippen MR) is 114 cm³/mol. The highest BCUT2D eigenvalue weighted by molar-refractivity contribution is 6.35. The van der Waals surface area contributed by atoms with E-state index in [1.54, 1.807) is 41.3 Å². The molecule has 1 atom stereocenters. The molecule has 0 aromatic heterocycles. The van der Waals surface area contributed by atoms with Gasteiger partial charge in [0, 0.05) is 40.8 Å². The van der Waals surface area contributed by atoms with Crippen molar-refractivity contribution in [2.24, 2.45) is 0 Å². The lowest BCUT2D eigenvalue weighted by molar-refractivity contribution is -0.140. The maximum atomic E-state index is 12.6. The van der Waals surface area contributed by atoms with Gasteiger partial charge in [-0.15, -0.1) is 0 Å². The van der Waals surface area contributed by atoms with Crippen LogP contribution in [-0.2, 0) is 20.7 Å². The molecule has 7 heteroatoms. The zero-order chi connectivity index (χ0) is 21.1. The number of hydrogen-bond donors (Lipinski definition) is 0. The number of ether oxygens (including phenoxy) is 1. The number of anilines is 1. The first kappa shape index (κ1) is 21.1. The topological polar surface area (TPSA) is 63.7 Å². The first-order chi connectivity index (χ1) is 13.8. The fourth-order valence-electron chi connectivity index (χ4n) is 3.18. The molecule has 1 amide bonds. The molecule has 2 aromatic carbocycles. The second-order valence-electron chi connectivity index (χ2n) is 6.71. The van der Waals surface area contributed by atoms with Crippen LogP contribution in [0.1, 0.15) is 35.3 Å². The van der Waals surface area contributed by atoms with Gasteiger partial charge in [0.15, 0.2) is 6.10 Å². The van der Waals surface area contributed by atoms with Crippen LogP contribution in [0.15, 0.2) is 42.5 Å². The molecule has 2 aromatic rings. The Bertz CT molecular complexity index is 1020. The molecule has 1 unspecified atom stereocenters. The van der Waals surface area contributed by atoms with Crippen molar-refractivity contribution in [1.82, 2.24) is 0 Å². The molecule has 150 valence electrons. The number of fused-ring (bicyclic) bond motifs is 1. The summed E-state index contributed by atoms with van der Waals surface area (Å²) in [5.74, 6) is -0.987. The van der Waals surface area contributed by atoms with Gasteiger partial charge in [0.25, 0.3) is 0 Å². The van der Waals surface area contributed by atoms with Crippen LogP contribution in [0.2, 0.25) is 10.0 Å². The maximum absolute atomic E-state index is 12.6. The minimum atomic E-state index is -0.948. The van der Waals surface area contributed by atoms with Crippen LogP contribution in [-0.4, -0.2) is 30.3 Å². The van der Waals surface area contributed by atoms with E-state index in [2.05, 4.69) is 0 Å². The van der Waals surface area contributed by atoms with Crippen LogP contribution < -0.4 is 4.90 Å². The summed E-state index contributed by atoms with van der Waals surface area (Å²) in [6.45, 7) is 3.64. The van der Waals surface area contributed by atoms with E-state index in [-0.39, 0.29) is 11.7 Å². The highest BCUT2D eigenvalue weighted by Gasteiger charge is 2.25. The standard InChI is InChI=1S/C22H19Cl2NO4/c1-13(29-21(27)8-5-15-3-6-18(23)12-19(15)24)22(28)17-4-7-20-16(11-17)9-10-25(20)14(2)26/h3-8,11-13H,9-10H2,1-2H3/b8-5+. The molecule has 0 spiro atoms. The van der Waals surface area contributed by atoms with Crippen molar-refractivity contribution in [3.05, 3.63) is 69.2 Å². The summed E-state index contributed by atoms with van der Waals surface area (Å²) in [7, 11) is 0. The van der Waals surface area contributed by atoms with Crippen LogP contribution in [0.3, 0.4) is 0 Å². The zero-order valence-electron chi connectivity index (χ0n) is 15.9. The van der Waals surface area contributed by atoms with E-state index in [4.69, 9.17) is 27.9 Å². The van der Waals surface area contributed by atoms with Crippen molar-refractivity contribution in [2.45, 2.75) is 26.4 Å². The zero-order valence-corrected chi connectivity index (χ0v) is 17.5. The second-order valence-corrected chi connectivity index (χ2v) is 7.55. The number of benzene rings is 2. The van der Waals surface area contributed by atoms with Gasteiger partial charge >= 0.3 is 5.97 Å². The molecule has 0 fully saturated rings. The molecule has 0 N–H and O–H groups in total. The van der Waals surface area contributed by atoms with E-state index in [0.29, 0.717) is 34.1 Å². The molecule has 3 rings (SSSR count). The van der Waals surface area contributed by atoms with Crippen molar-refractivity contribution in [3.8, 4) is 0 Å². The fraction of sp³-hybridized carbons (Fsp3) is 0.227. The highest BCUT2D eigenvalue weighted by Crippen LogP contribution is 2.29. The molecule has 29 heavy (non-hydrogen) atoms. The van der Waals surface area contributed by atoms with Gasteiger partial charge in [-0.3, -0.25) is 9.59 Å². The van der Waals surface area contributed by atoms with Crippen molar-refractivity contribution >= 4 is 52.6 Å². The van der Waals surface area contributed by atoms with E-state index in [1.807, 2.05) is 0 Å². The van der Waals surface area contributed by atoms with Gasteiger partial charge in [0.2, 0.25) is 11.7 Å². The summed E-state index contributed by atoms with van der Waals surface area (Å²) in [6, 6.07) is 10.1. The molecule has 0 bridgehead atoms. The Morgan fingerprint density at radius 1 is 1.14 bits per heavy atom. The monoisotopic (exact) mass is 431 g/mol. The number of halogens is 2. The number of ketones is 1. The lowest BCUT2D eigenvalue weighted by atomic mass is 10.0. The normalized spacial score (nSPS) is 14.0. The lowest BCUT2D eigenvalue weighted by Gasteiger charge is -2.15. The smallest absolute Gasteiger partial charge is 0.331 e. The fourth-order valence-corrected chi connectivity index (χ4v) is 3.65.